The molecule has 0 heterocycles. The molecule has 7 nitrogen and oxygen atoms in total. The van der Waals surface area contributed by atoms with Gasteiger partial charge in [-0.3, -0.25) is 9.59 Å². The average molecular weight is 362 g/mol. The number of nitrogens with one attached hydrogen (secondary N) is 2. The smallest absolute Gasteiger partial charge is 0.335 e. The summed E-state index contributed by atoms with van der Waals surface area (Å²) in [5.41, 5.74) is 1.07. The predicted octanol–water partition coefficient (Wildman–Crippen LogP) is 2.56. The van der Waals surface area contributed by atoms with E-state index in [0.717, 1.165) is 6.42 Å². The molecule has 0 saturated heterocycles. The van der Waals surface area contributed by atoms with Crippen LogP contribution in [0.3, 0.4) is 0 Å². The fourth-order valence-electron chi connectivity index (χ4n) is 3.24. The van der Waals surface area contributed by atoms with Gasteiger partial charge in [0.25, 0.3) is 0 Å². The van der Waals surface area contributed by atoms with Gasteiger partial charge in [-0.05, 0) is 36.1 Å². The maximum absolute atomic E-state index is 12.0. The van der Waals surface area contributed by atoms with Crippen molar-refractivity contribution in [3.8, 4) is 0 Å². The third-order valence-corrected chi connectivity index (χ3v) is 4.54. The van der Waals surface area contributed by atoms with Crippen molar-refractivity contribution in [2.45, 2.75) is 45.1 Å². The minimum atomic E-state index is -1.08. The van der Waals surface area contributed by atoms with Crippen molar-refractivity contribution in [3.05, 3.63) is 29.3 Å². The van der Waals surface area contributed by atoms with Gasteiger partial charge in [0.2, 0.25) is 11.8 Å². The Morgan fingerprint density at radius 1 is 1.15 bits per heavy atom. The minimum absolute atomic E-state index is 0.0652. The highest BCUT2D eigenvalue weighted by Gasteiger charge is 2.16. The largest absolute Gasteiger partial charge is 0.478 e. The molecule has 1 fully saturated rings. The Labute approximate surface area is 153 Å². The van der Waals surface area contributed by atoms with Gasteiger partial charge >= 0.3 is 5.97 Å². The van der Waals surface area contributed by atoms with Crippen LogP contribution < -0.4 is 10.6 Å². The number of carbonyl (C=O) groups excluding carboxylic acids is 2. The van der Waals surface area contributed by atoms with E-state index in [0.29, 0.717) is 23.6 Å². The molecule has 142 valence electrons. The van der Waals surface area contributed by atoms with E-state index in [1.54, 1.807) is 6.07 Å². The summed E-state index contributed by atoms with van der Waals surface area (Å²) in [6.07, 6.45) is 6.18. The molecular weight excluding hydrogens is 336 g/mol. The SMILES string of the molecule is COCc1cc(NC(=O)CNC(=O)CCC2CCCC2)cc(C(=O)O)c1. The minimum Gasteiger partial charge on any atom is -0.478 e. The average Bonchev–Trinajstić information content (AvgIpc) is 3.11. The molecule has 7 heteroatoms. The van der Waals surface area contributed by atoms with Gasteiger partial charge in [-0.2, -0.15) is 0 Å². The fraction of sp³-hybridized carbons (Fsp3) is 0.526. The number of anilines is 1. The number of carbonyl (C=O) groups is 3. The van der Waals surface area contributed by atoms with Gasteiger partial charge in [0.15, 0.2) is 0 Å². The molecule has 0 atom stereocenters. The predicted molar refractivity (Wildman–Crippen MR) is 96.9 cm³/mol. The number of aromatic carboxylic acids is 1. The van der Waals surface area contributed by atoms with Gasteiger partial charge in [-0.1, -0.05) is 25.7 Å². The lowest BCUT2D eigenvalue weighted by molar-refractivity contribution is -0.124. The third-order valence-electron chi connectivity index (χ3n) is 4.54. The fourth-order valence-corrected chi connectivity index (χ4v) is 3.24. The number of carboxylic acid groups (broad SMARTS) is 1. The lowest BCUT2D eigenvalue weighted by Crippen LogP contribution is -2.33. The molecule has 1 aliphatic rings. The van der Waals surface area contributed by atoms with E-state index in [4.69, 9.17) is 9.84 Å². The van der Waals surface area contributed by atoms with Crippen LogP contribution in [0.4, 0.5) is 5.69 Å². The molecule has 2 rings (SSSR count). The molecule has 0 radical (unpaired) electrons. The molecule has 0 aliphatic heterocycles. The standard InChI is InChI=1S/C19H26N2O5/c1-26-12-14-8-15(19(24)25)10-16(9-14)21-18(23)11-20-17(22)7-6-13-4-2-3-5-13/h8-10,13H,2-7,11-12H2,1H3,(H,20,22)(H,21,23)(H,24,25). The van der Waals surface area contributed by atoms with Crippen molar-refractivity contribution in [1.29, 1.82) is 0 Å². The van der Waals surface area contributed by atoms with E-state index in [9.17, 15) is 14.4 Å². The zero-order valence-corrected chi connectivity index (χ0v) is 15.0. The maximum atomic E-state index is 12.0. The van der Waals surface area contributed by atoms with E-state index >= 15 is 0 Å². The first kappa shape index (κ1) is 19.9. The quantitative estimate of drug-likeness (QED) is 0.626. The van der Waals surface area contributed by atoms with Crippen LogP contribution in [0.5, 0.6) is 0 Å². The Balaban J connectivity index is 1.82. The zero-order valence-electron chi connectivity index (χ0n) is 15.0. The van der Waals surface area contributed by atoms with E-state index in [1.807, 2.05) is 0 Å². The van der Waals surface area contributed by atoms with Gasteiger partial charge in [0.1, 0.15) is 0 Å². The molecule has 1 aliphatic carbocycles. The van der Waals surface area contributed by atoms with Crippen molar-refractivity contribution >= 4 is 23.5 Å². The summed E-state index contributed by atoms with van der Waals surface area (Å²) in [6, 6.07) is 4.52. The highest BCUT2D eigenvalue weighted by atomic mass is 16.5. The van der Waals surface area contributed by atoms with Crippen molar-refractivity contribution < 1.29 is 24.2 Å². The van der Waals surface area contributed by atoms with Crippen LogP contribution in [0.25, 0.3) is 0 Å². The van der Waals surface area contributed by atoms with Gasteiger partial charge in [0.05, 0.1) is 18.7 Å². The Morgan fingerprint density at radius 2 is 1.88 bits per heavy atom. The number of carboxylic acids is 1. The Kier molecular flexibility index (Phi) is 7.59. The van der Waals surface area contributed by atoms with Gasteiger partial charge in [-0.15, -0.1) is 0 Å². The number of benzene rings is 1. The van der Waals surface area contributed by atoms with Crippen molar-refractivity contribution in [1.82, 2.24) is 5.32 Å². The summed E-state index contributed by atoms with van der Waals surface area (Å²) >= 11 is 0. The lowest BCUT2D eigenvalue weighted by atomic mass is 10.0. The number of hydrogen-bond acceptors (Lipinski definition) is 4. The lowest BCUT2D eigenvalue weighted by Gasteiger charge is -2.11. The second-order valence-corrected chi connectivity index (χ2v) is 6.67. The van der Waals surface area contributed by atoms with E-state index < -0.39 is 11.9 Å². The molecular formula is C19H26N2O5. The normalized spacial score (nSPS) is 14.2. The van der Waals surface area contributed by atoms with Gasteiger partial charge < -0.3 is 20.5 Å². The third kappa shape index (κ3) is 6.48. The number of hydrogen-bond donors (Lipinski definition) is 3. The summed E-state index contributed by atoms with van der Waals surface area (Å²) in [5, 5.41) is 14.4. The highest BCUT2D eigenvalue weighted by molar-refractivity contribution is 5.96. The van der Waals surface area contributed by atoms with Gasteiger partial charge in [-0.25, -0.2) is 4.79 Å². The summed E-state index contributed by atoms with van der Waals surface area (Å²) < 4.78 is 5.01. The second-order valence-electron chi connectivity index (χ2n) is 6.67. The van der Waals surface area contributed by atoms with E-state index in [1.165, 1.54) is 44.9 Å². The molecule has 0 spiro atoms. The maximum Gasteiger partial charge on any atom is 0.335 e. The summed E-state index contributed by atoms with van der Waals surface area (Å²) in [7, 11) is 1.51. The molecule has 0 unspecified atom stereocenters. The number of methoxy groups -OCH3 is 1. The van der Waals surface area contributed by atoms with Crippen molar-refractivity contribution in [2.24, 2.45) is 5.92 Å². The summed E-state index contributed by atoms with van der Waals surface area (Å²) in [5.74, 6) is -0.984. The summed E-state index contributed by atoms with van der Waals surface area (Å²) in [6.45, 7) is 0.0995. The molecule has 3 N–H and O–H groups in total. The number of ether oxygens (including phenoxy) is 1. The number of rotatable bonds is 9. The summed E-state index contributed by atoms with van der Waals surface area (Å²) in [4.78, 5) is 35.1. The molecule has 0 bridgehead atoms. The van der Waals surface area contributed by atoms with Crippen LogP contribution in [0, 0.1) is 5.92 Å². The molecule has 1 aromatic carbocycles. The first-order chi connectivity index (χ1) is 12.5. The first-order valence-corrected chi connectivity index (χ1v) is 8.90. The van der Waals surface area contributed by atoms with Crippen LogP contribution in [0.15, 0.2) is 18.2 Å². The molecule has 26 heavy (non-hydrogen) atoms. The van der Waals surface area contributed by atoms with Crippen LogP contribution in [0.2, 0.25) is 0 Å². The van der Waals surface area contributed by atoms with E-state index in [2.05, 4.69) is 10.6 Å². The van der Waals surface area contributed by atoms with Crippen LogP contribution in [0.1, 0.15) is 54.4 Å². The molecule has 1 saturated carbocycles. The molecule has 0 aromatic heterocycles. The molecule has 1 aromatic rings. The monoisotopic (exact) mass is 362 g/mol. The topological polar surface area (TPSA) is 105 Å². The van der Waals surface area contributed by atoms with Crippen LogP contribution >= 0.6 is 0 Å². The number of amides is 2. The second kappa shape index (κ2) is 9.91. The zero-order chi connectivity index (χ0) is 18.9. The van der Waals surface area contributed by atoms with Crippen molar-refractivity contribution in [2.75, 3.05) is 19.0 Å². The Bertz CT molecular complexity index is 653. The van der Waals surface area contributed by atoms with E-state index in [-0.39, 0.29) is 24.6 Å². The van der Waals surface area contributed by atoms with Crippen molar-refractivity contribution in [3.63, 3.8) is 0 Å². The van der Waals surface area contributed by atoms with Gasteiger partial charge in [0, 0.05) is 19.2 Å². The van der Waals surface area contributed by atoms with Crippen LogP contribution in [-0.4, -0.2) is 36.5 Å². The Hall–Kier alpha value is -2.41. The Morgan fingerprint density at radius 3 is 2.54 bits per heavy atom. The highest BCUT2D eigenvalue weighted by Crippen LogP contribution is 2.28. The molecule has 2 amide bonds. The van der Waals surface area contributed by atoms with Crippen LogP contribution in [-0.2, 0) is 20.9 Å². The first-order valence-electron chi connectivity index (χ1n) is 8.90.